The van der Waals surface area contributed by atoms with Crippen LogP contribution in [0.3, 0.4) is 0 Å². The molecule has 1 aliphatic rings. The molecule has 0 aliphatic carbocycles. The summed E-state index contributed by atoms with van der Waals surface area (Å²) < 4.78 is 28.1. The minimum atomic E-state index is -2.85. The number of ether oxygens (including phenoxy) is 1. The predicted octanol–water partition coefficient (Wildman–Crippen LogP) is 1.18. The SMILES string of the molecule is COc1ccc(C(N)=S)c(NCC2CCS(=O)(=O)C2)c1. The molecule has 0 spiro atoms. The van der Waals surface area contributed by atoms with Crippen LogP contribution in [0.2, 0.25) is 0 Å². The number of hydrogen-bond donors (Lipinski definition) is 2. The molecule has 3 N–H and O–H groups in total. The predicted molar refractivity (Wildman–Crippen MR) is 84.1 cm³/mol. The second-order valence-corrected chi connectivity index (χ2v) is 7.59. The Bertz CT molecular complexity index is 614. The Hall–Kier alpha value is -1.34. The minimum absolute atomic E-state index is 0.130. The molecule has 1 aliphatic heterocycles. The van der Waals surface area contributed by atoms with Crippen molar-refractivity contribution >= 4 is 32.7 Å². The first-order valence-corrected chi connectivity index (χ1v) is 8.56. The number of benzene rings is 1. The van der Waals surface area contributed by atoms with Gasteiger partial charge < -0.3 is 15.8 Å². The Balaban J connectivity index is 2.10. The molecule has 1 saturated heterocycles. The topological polar surface area (TPSA) is 81.4 Å². The van der Waals surface area contributed by atoms with Crippen LogP contribution in [0.15, 0.2) is 18.2 Å². The van der Waals surface area contributed by atoms with Gasteiger partial charge in [-0.2, -0.15) is 0 Å². The van der Waals surface area contributed by atoms with Gasteiger partial charge >= 0.3 is 0 Å². The number of sulfone groups is 1. The van der Waals surface area contributed by atoms with E-state index in [0.717, 1.165) is 11.3 Å². The summed E-state index contributed by atoms with van der Waals surface area (Å²) in [5.74, 6) is 1.35. The molecular formula is C13H18N2O3S2. The summed E-state index contributed by atoms with van der Waals surface area (Å²) in [4.78, 5) is 0.300. The molecule has 1 heterocycles. The Labute approximate surface area is 124 Å². The summed E-state index contributed by atoms with van der Waals surface area (Å²) in [5.41, 5.74) is 7.20. The molecule has 1 unspecified atom stereocenters. The summed E-state index contributed by atoms with van der Waals surface area (Å²) >= 11 is 5.02. The lowest BCUT2D eigenvalue weighted by Crippen LogP contribution is -2.19. The largest absolute Gasteiger partial charge is 0.497 e. The maximum atomic E-state index is 11.4. The van der Waals surface area contributed by atoms with Crippen LogP contribution in [0.1, 0.15) is 12.0 Å². The molecule has 7 heteroatoms. The lowest BCUT2D eigenvalue weighted by atomic mass is 10.1. The second-order valence-electron chi connectivity index (χ2n) is 4.93. The van der Waals surface area contributed by atoms with Crippen LogP contribution < -0.4 is 15.8 Å². The van der Waals surface area contributed by atoms with E-state index in [0.29, 0.717) is 23.7 Å². The number of anilines is 1. The molecular weight excluding hydrogens is 296 g/mol. The standard InChI is InChI=1S/C13H18N2O3S2/c1-18-10-2-3-11(13(14)19)12(6-10)15-7-9-4-5-20(16,17)8-9/h2-3,6,9,15H,4-5,7-8H2,1H3,(H2,14,19). The van der Waals surface area contributed by atoms with Gasteiger partial charge in [0, 0.05) is 23.9 Å². The number of thiocarbonyl (C=S) groups is 1. The zero-order chi connectivity index (χ0) is 14.8. The fourth-order valence-corrected chi connectivity index (χ4v) is 4.34. The highest BCUT2D eigenvalue weighted by atomic mass is 32.2. The van der Waals surface area contributed by atoms with Crippen LogP contribution in [0.25, 0.3) is 0 Å². The maximum absolute atomic E-state index is 11.4. The molecule has 0 radical (unpaired) electrons. The second kappa shape index (κ2) is 5.97. The minimum Gasteiger partial charge on any atom is -0.497 e. The van der Waals surface area contributed by atoms with Crippen LogP contribution >= 0.6 is 12.2 Å². The van der Waals surface area contributed by atoms with Gasteiger partial charge in [0.1, 0.15) is 10.7 Å². The first-order valence-electron chi connectivity index (χ1n) is 6.33. The smallest absolute Gasteiger partial charge is 0.150 e. The highest BCUT2D eigenvalue weighted by Crippen LogP contribution is 2.24. The Kier molecular flexibility index (Phi) is 4.49. The van der Waals surface area contributed by atoms with Gasteiger partial charge in [-0.3, -0.25) is 0 Å². The van der Waals surface area contributed by atoms with E-state index >= 15 is 0 Å². The molecule has 0 amide bonds. The van der Waals surface area contributed by atoms with Gasteiger partial charge in [0.15, 0.2) is 9.84 Å². The Morgan fingerprint density at radius 2 is 2.30 bits per heavy atom. The van der Waals surface area contributed by atoms with Crippen molar-refractivity contribution < 1.29 is 13.2 Å². The highest BCUT2D eigenvalue weighted by Gasteiger charge is 2.27. The average Bonchev–Trinajstić information content (AvgIpc) is 2.75. The molecule has 1 atom stereocenters. The highest BCUT2D eigenvalue weighted by molar-refractivity contribution is 7.91. The van der Waals surface area contributed by atoms with Crippen LogP contribution in [0, 0.1) is 5.92 Å². The number of nitrogens with one attached hydrogen (secondary N) is 1. The van der Waals surface area contributed by atoms with Gasteiger partial charge in [-0.1, -0.05) is 12.2 Å². The maximum Gasteiger partial charge on any atom is 0.150 e. The normalized spacial score (nSPS) is 20.6. The molecule has 2 rings (SSSR count). The van der Waals surface area contributed by atoms with E-state index in [1.165, 1.54) is 0 Å². The number of hydrogen-bond acceptors (Lipinski definition) is 5. The molecule has 1 aromatic carbocycles. The molecule has 1 aromatic rings. The zero-order valence-corrected chi connectivity index (χ0v) is 12.9. The van der Waals surface area contributed by atoms with Crippen molar-refractivity contribution in [3.8, 4) is 5.75 Å². The van der Waals surface area contributed by atoms with E-state index in [2.05, 4.69) is 5.32 Å². The van der Waals surface area contributed by atoms with Gasteiger partial charge in [-0.15, -0.1) is 0 Å². The van der Waals surface area contributed by atoms with Crippen molar-refractivity contribution in [1.29, 1.82) is 0 Å². The van der Waals surface area contributed by atoms with Gasteiger partial charge in [-0.05, 0) is 24.5 Å². The fraction of sp³-hybridized carbons (Fsp3) is 0.462. The third-order valence-electron chi connectivity index (χ3n) is 3.40. The molecule has 0 bridgehead atoms. The van der Waals surface area contributed by atoms with Crippen molar-refractivity contribution in [2.75, 3.05) is 30.5 Å². The molecule has 0 aromatic heterocycles. The van der Waals surface area contributed by atoms with Crippen LogP contribution in [0.5, 0.6) is 5.75 Å². The van der Waals surface area contributed by atoms with E-state index in [9.17, 15) is 8.42 Å². The average molecular weight is 314 g/mol. The first-order chi connectivity index (χ1) is 9.41. The third-order valence-corrected chi connectivity index (χ3v) is 5.46. The first kappa shape index (κ1) is 15.1. The van der Waals surface area contributed by atoms with Crippen LogP contribution in [0.4, 0.5) is 5.69 Å². The van der Waals surface area contributed by atoms with E-state index in [4.69, 9.17) is 22.7 Å². The molecule has 110 valence electrons. The van der Waals surface area contributed by atoms with Crippen molar-refractivity contribution in [1.82, 2.24) is 0 Å². The van der Waals surface area contributed by atoms with E-state index < -0.39 is 9.84 Å². The van der Waals surface area contributed by atoms with Crippen LogP contribution in [-0.2, 0) is 9.84 Å². The van der Waals surface area contributed by atoms with Crippen molar-refractivity contribution in [2.24, 2.45) is 11.7 Å². The summed E-state index contributed by atoms with van der Waals surface area (Å²) in [6.07, 6.45) is 0.696. The number of methoxy groups -OCH3 is 1. The summed E-state index contributed by atoms with van der Waals surface area (Å²) in [5, 5.41) is 3.24. The fourth-order valence-electron chi connectivity index (χ4n) is 2.30. The number of rotatable bonds is 5. The van der Waals surface area contributed by atoms with E-state index in [1.54, 1.807) is 19.2 Å². The molecule has 1 fully saturated rings. The van der Waals surface area contributed by atoms with Gasteiger partial charge in [0.05, 0.1) is 18.6 Å². The van der Waals surface area contributed by atoms with Crippen molar-refractivity contribution in [2.45, 2.75) is 6.42 Å². The van der Waals surface area contributed by atoms with Crippen molar-refractivity contribution in [3.05, 3.63) is 23.8 Å². The quantitative estimate of drug-likeness (QED) is 0.794. The monoisotopic (exact) mass is 314 g/mol. The molecule has 0 saturated carbocycles. The lowest BCUT2D eigenvalue weighted by molar-refractivity contribution is 0.415. The zero-order valence-electron chi connectivity index (χ0n) is 11.3. The van der Waals surface area contributed by atoms with Gasteiger partial charge in [0.25, 0.3) is 0 Å². The Morgan fingerprint density at radius 3 is 2.85 bits per heavy atom. The third kappa shape index (κ3) is 3.61. The molecule has 20 heavy (non-hydrogen) atoms. The van der Waals surface area contributed by atoms with Crippen molar-refractivity contribution in [3.63, 3.8) is 0 Å². The lowest BCUT2D eigenvalue weighted by Gasteiger charge is -2.15. The summed E-state index contributed by atoms with van der Waals surface area (Å²) in [6, 6.07) is 5.41. The summed E-state index contributed by atoms with van der Waals surface area (Å²) in [7, 11) is -1.27. The van der Waals surface area contributed by atoms with Gasteiger partial charge in [0.2, 0.25) is 0 Å². The Morgan fingerprint density at radius 1 is 1.55 bits per heavy atom. The van der Waals surface area contributed by atoms with E-state index in [-0.39, 0.29) is 17.4 Å². The van der Waals surface area contributed by atoms with Crippen LogP contribution in [-0.4, -0.2) is 38.6 Å². The van der Waals surface area contributed by atoms with Gasteiger partial charge in [-0.25, -0.2) is 8.42 Å². The molecule has 5 nitrogen and oxygen atoms in total. The number of nitrogens with two attached hydrogens (primary N) is 1. The van der Waals surface area contributed by atoms with E-state index in [1.807, 2.05) is 6.07 Å². The summed E-state index contributed by atoms with van der Waals surface area (Å²) in [6.45, 7) is 0.585.